The standard InChI is InChI=1S/C19H24N2O7/c1-5-6-16(22)20-14-8-7-12(25-2)9-15(14)21-11-28-10-13(18(23)26-3)17(21)19(24)27-4/h7-9H,5-6,10-11H2,1-4H3,(H,20,22). The van der Waals surface area contributed by atoms with E-state index in [0.717, 1.165) is 0 Å². The average Bonchev–Trinajstić information content (AvgIpc) is 2.72. The van der Waals surface area contributed by atoms with E-state index in [1.54, 1.807) is 18.2 Å². The van der Waals surface area contributed by atoms with Crippen LogP contribution in [0.15, 0.2) is 29.5 Å². The molecule has 0 atom stereocenters. The summed E-state index contributed by atoms with van der Waals surface area (Å²) in [4.78, 5) is 38.2. The van der Waals surface area contributed by atoms with Crippen LogP contribution in [0.5, 0.6) is 5.75 Å². The van der Waals surface area contributed by atoms with Crippen LogP contribution >= 0.6 is 0 Å². The molecular formula is C19H24N2O7. The number of hydrogen-bond donors (Lipinski definition) is 1. The van der Waals surface area contributed by atoms with E-state index in [1.165, 1.54) is 26.2 Å². The average molecular weight is 392 g/mol. The number of nitrogens with zero attached hydrogens (tertiary/aromatic N) is 1. The molecule has 0 unspecified atom stereocenters. The van der Waals surface area contributed by atoms with E-state index >= 15 is 0 Å². The molecule has 1 aromatic carbocycles. The van der Waals surface area contributed by atoms with Crippen LogP contribution in [0.2, 0.25) is 0 Å². The first-order valence-electron chi connectivity index (χ1n) is 8.69. The van der Waals surface area contributed by atoms with Crippen molar-refractivity contribution in [2.75, 3.05) is 44.9 Å². The minimum Gasteiger partial charge on any atom is -0.497 e. The van der Waals surface area contributed by atoms with Gasteiger partial charge in [-0.3, -0.25) is 4.79 Å². The molecule has 9 heteroatoms. The molecule has 1 aliphatic rings. The van der Waals surface area contributed by atoms with E-state index in [9.17, 15) is 14.4 Å². The van der Waals surface area contributed by atoms with Crippen molar-refractivity contribution in [3.8, 4) is 5.75 Å². The van der Waals surface area contributed by atoms with E-state index in [1.807, 2.05) is 6.92 Å². The Morgan fingerprint density at radius 3 is 2.46 bits per heavy atom. The van der Waals surface area contributed by atoms with Crippen molar-refractivity contribution in [1.82, 2.24) is 0 Å². The van der Waals surface area contributed by atoms with Crippen molar-refractivity contribution in [3.05, 3.63) is 29.5 Å². The summed E-state index contributed by atoms with van der Waals surface area (Å²) in [5, 5.41) is 2.81. The van der Waals surface area contributed by atoms with Crippen LogP contribution in [0.1, 0.15) is 19.8 Å². The van der Waals surface area contributed by atoms with Crippen molar-refractivity contribution in [2.45, 2.75) is 19.8 Å². The predicted octanol–water partition coefficient (Wildman–Crippen LogP) is 1.83. The first kappa shape index (κ1) is 21.2. The molecule has 0 radical (unpaired) electrons. The molecular weight excluding hydrogens is 368 g/mol. The van der Waals surface area contributed by atoms with Gasteiger partial charge >= 0.3 is 11.9 Å². The number of carbonyl (C=O) groups excluding carboxylic acids is 3. The second-order valence-electron chi connectivity index (χ2n) is 5.90. The summed E-state index contributed by atoms with van der Waals surface area (Å²) in [7, 11) is 3.93. The maximum absolute atomic E-state index is 12.5. The Kier molecular flexibility index (Phi) is 7.39. The molecule has 0 aliphatic carbocycles. The Morgan fingerprint density at radius 2 is 1.86 bits per heavy atom. The summed E-state index contributed by atoms with van der Waals surface area (Å²) < 4.78 is 20.4. The SMILES string of the molecule is CCCC(=O)Nc1ccc(OC)cc1N1COCC(C(=O)OC)=C1C(=O)OC. The van der Waals surface area contributed by atoms with Crippen LogP contribution in [0.25, 0.3) is 0 Å². The number of methoxy groups -OCH3 is 3. The van der Waals surface area contributed by atoms with Gasteiger partial charge in [-0.2, -0.15) is 0 Å². The Bertz CT molecular complexity index is 788. The first-order valence-corrected chi connectivity index (χ1v) is 8.69. The number of benzene rings is 1. The lowest BCUT2D eigenvalue weighted by atomic mass is 10.1. The molecule has 1 aliphatic heterocycles. The minimum absolute atomic E-state index is 0.0140. The van der Waals surface area contributed by atoms with Crippen LogP contribution < -0.4 is 15.0 Å². The lowest BCUT2D eigenvalue weighted by molar-refractivity contribution is -0.140. The Balaban J connectivity index is 2.60. The second kappa shape index (κ2) is 9.75. The van der Waals surface area contributed by atoms with Gasteiger partial charge in [-0.15, -0.1) is 0 Å². The topological polar surface area (TPSA) is 103 Å². The van der Waals surface area contributed by atoms with Gasteiger partial charge in [0.05, 0.1) is 44.9 Å². The third-order valence-corrected chi connectivity index (χ3v) is 4.08. The molecule has 1 N–H and O–H groups in total. The molecule has 1 aromatic rings. The van der Waals surface area contributed by atoms with Crippen LogP contribution in [0.4, 0.5) is 11.4 Å². The van der Waals surface area contributed by atoms with Crippen LogP contribution in [-0.4, -0.2) is 52.5 Å². The molecule has 0 saturated carbocycles. The highest BCUT2D eigenvalue weighted by Crippen LogP contribution is 2.35. The number of amides is 1. The Morgan fingerprint density at radius 1 is 1.14 bits per heavy atom. The monoisotopic (exact) mass is 392 g/mol. The molecule has 28 heavy (non-hydrogen) atoms. The first-order chi connectivity index (χ1) is 13.5. The number of nitrogens with one attached hydrogen (secondary N) is 1. The number of rotatable bonds is 7. The molecule has 0 fully saturated rings. The van der Waals surface area contributed by atoms with Crippen LogP contribution in [0.3, 0.4) is 0 Å². The number of carbonyl (C=O) groups is 3. The minimum atomic E-state index is -0.725. The summed E-state index contributed by atoms with van der Waals surface area (Å²) >= 11 is 0. The highest BCUT2D eigenvalue weighted by molar-refractivity contribution is 6.05. The van der Waals surface area contributed by atoms with Crippen molar-refractivity contribution in [1.29, 1.82) is 0 Å². The van der Waals surface area contributed by atoms with Gasteiger partial charge in [-0.1, -0.05) is 6.92 Å². The van der Waals surface area contributed by atoms with Crippen molar-refractivity contribution in [3.63, 3.8) is 0 Å². The fourth-order valence-electron chi connectivity index (χ4n) is 2.74. The number of ether oxygens (including phenoxy) is 4. The molecule has 0 aromatic heterocycles. The highest BCUT2D eigenvalue weighted by Gasteiger charge is 2.33. The van der Waals surface area contributed by atoms with Gasteiger partial charge in [0.2, 0.25) is 5.91 Å². The molecule has 152 valence electrons. The zero-order valence-electron chi connectivity index (χ0n) is 16.4. The molecule has 1 amide bonds. The number of anilines is 2. The Hall–Kier alpha value is -3.07. The lowest BCUT2D eigenvalue weighted by Crippen LogP contribution is -2.39. The van der Waals surface area contributed by atoms with E-state index < -0.39 is 11.9 Å². The van der Waals surface area contributed by atoms with Gasteiger partial charge in [0, 0.05) is 12.5 Å². The van der Waals surface area contributed by atoms with E-state index in [-0.39, 0.29) is 30.5 Å². The van der Waals surface area contributed by atoms with Gasteiger partial charge < -0.3 is 29.2 Å². The van der Waals surface area contributed by atoms with Crippen molar-refractivity contribution in [2.24, 2.45) is 0 Å². The van der Waals surface area contributed by atoms with Gasteiger partial charge in [0.15, 0.2) is 0 Å². The summed E-state index contributed by atoms with van der Waals surface area (Å²) in [5.41, 5.74) is 0.870. The number of esters is 2. The lowest BCUT2D eigenvalue weighted by Gasteiger charge is -2.32. The highest BCUT2D eigenvalue weighted by atomic mass is 16.5. The molecule has 0 saturated heterocycles. The van der Waals surface area contributed by atoms with Crippen LogP contribution in [0, 0.1) is 0 Å². The van der Waals surface area contributed by atoms with Gasteiger partial charge in [-0.25, -0.2) is 9.59 Å². The fourth-order valence-corrected chi connectivity index (χ4v) is 2.74. The summed E-state index contributed by atoms with van der Waals surface area (Å²) in [5.74, 6) is -1.11. The van der Waals surface area contributed by atoms with Gasteiger partial charge in [0.25, 0.3) is 0 Å². The molecule has 1 heterocycles. The van der Waals surface area contributed by atoms with Crippen LogP contribution in [-0.2, 0) is 28.6 Å². The maximum Gasteiger partial charge on any atom is 0.355 e. The predicted molar refractivity (Wildman–Crippen MR) is 101 cm³/mol. The summed E-state index contributed by atoms with van der Waals surface area (Å²) in [6.07, 6.45) is 1.03. The molecule has 2 rings (SSSR count). The van der Waals surface area contributed by atoms with Gasteiger partial charge in [-0.05, 0) is 18.6 Å². The largest absolute Gasteiger partial charge is 0.497 e. The summed E-state index contributed by atoms with van der Waals surface area (Å²) in [6.45, 7) is 1.76. The van der Waals surface area contributed by atoms with Gasteiger partial charge in [0.1, 0.15) is 18.2 Å². The smallest absolute Gasteiger partial charge is 0.355 e. The molecule has 0 bridgehead atoms. The number of hydrogen-bond acceptors (Lipinski definition) is 8. The normalized spacial score (nSPS) is 13.8. The van der Waals surface area contributed by atoms with E-state index in [0.29, 0.717) is 30.0 Å². The Labute approximate surface area is 163 Å². The third-order valence-electron chi connectivity index (χ3n) is 4.08. The molecule has 0 spiro atoms. The maximum atomic E-state index is 12.5. The fraction of sp³-hybridized carbons (Fsp3) is 0.421. The van der Waals surface area contributed by atoms with E-state index in [2.05, 4.69) is 5.32 Å². The molecule has 9 nitrogen and oxygen atoms in total. The van der Waals surface area contributed by atoms with E-state index in [4.69, 9.17) is 18.9 Å². The summed E-state index contributed by atoms with van der Waals surface area (Å²) in [6, 6.07) is 4.97. The second-order valence-corrected chi connectivity index (χ2v) is 5.90. The zero-order valence-corrected chi connectivity index (χ0v) is 16.4. The quantitative estimate of drug-likeness (QED) is 0.701. The van der Waals surface area contributed by atoms with Crippen molar-refractivity contribution < 1.29 is 33.3 Å². The third kappa shape index (κ3) is 4.61. The zero-order chi connectivity index (χ0) is 20.7. The van der Waals surface area contributed by atoms with Crippen molar-refractivity contribution >= 4 is 29.2 Å².